The average Bonchev–Trinajstić information content (AvgIpc) is 2.32. The van der Waals surface area contributed by atoms with Gasteiger partial charge in [-0.3, -0.25) is 0 Å². The summed E-state index contributed by atoms with van der Waals surface area (Å²) in [6, 6.07) is 14.5. The van der Waals surface area contributed by atoms with Crippen LogP contribution < -0.4 is 10.6 Å². The lowest BCUT2D eigenvalue weighted by Gasteiger charge is -2.22. The highest BCUT2D eigenvalue weighted by Crippen LogP contribution is 2.25. The SMILES string of the molecule is Cc1ccccc1CN(C)c1ccc(N)cc1I. The molecule has 0 radical (unpaired) electrons. The standard InChI is InChI=1S/C15H17IN2/c1-11-5-3-4-6-12(11)10-18(2)15-8-7-13(17)9-14(15)16/h3-9H,10,17H2,1-2H3. The van der Waals surface area contributed by atoms with Crippen molar-refractivity contribution in [1.82, 2.24) is 0 Å². The Labute approximate surface area is 122 Å². The fourth-order valence-electron chi connectivity index (χ4n) is 1.96. The van der Waals surface area contributed by atoms with E-state index in [4.69, 9.17) is 5.73 Å². The molecule has 2 rings (SSSR count). The van der Waals surface area contributed by atoms with E-state index in [0.717, 1.165) is 12.2 Å². The third kappa shape index (κ3) is 2.96. The first-order chi connectivity index (χ1) is 8.58. The van der Waals surface area contributed by atoms with Crippen molar-refractivity contribution in [3.8, 4) is 0 Å². The van der Waals surface area contributed by atoms with E-state index in [9.17, 15) is 0 Å². The molecule has 0 bridgehead atoms. The van der Waals surface area contributed by atoms with Crippen molar-refractivity contribution in [1.29, 1.82) is 0 Å². The van der Waals surface area contributed by atoms with Gasteiger partial charge in [0.15, 0.2) is 0 Å². The number of hydrogen-bond donors (Lipinski definition) is 1. The van der Waals surface area contributed by atoms with Gasteiger partial charge in [-0.1, -0.05) is 24.3 Å². The molecule has 2 aromatic carbocycles. The molecule has 0 saturated carbocycles. The fourth-order valence-corrected chi connectivity index (χ4v) is 2.91. The van der Waals surface area contributed by atoms with Gasteiger partial charge in [0.05, 0.1) is 5.69 Å². The van der Waals surface area contributed by atoms with Crippen molar-refractivity contribution in [2.75, 3.05) is 17.7 Å². The minimum atomic E-state index is 0.812. The highest BCUT2D eigenvalue weighted by Gasteiger charge is 2.07. The van der Waals surface area contributed by atoms with Crippen LogP contribution in [0, 0.1) is 10.5 Å². The lowest BCUT2D eigenvalue weighted by molar-refractivity contribution is 0.911. The molecule has 3 heteroatoms. The molecule has 0 heterocycles. The largest absolute Gasteiger partial charge is 0.399 e. The number of aryl methyl sites for hydroxylation is 1. The molecule has 0 amide bonds. The molecular formula is C15H17IN2. The topological polar surface area (TPSA) is 29.3 Å². The van der Waals surface area contributed by atoms with Gasteiger partial charge < -0.3 is 10.6 Å². The Balaban J connectivity index is 2.22. The van der Waals surface area contributed by atoms with Crippen molar-refractivity contribution in [2.45, 2.75) is 13.5 Å². The molecule has 2 aromatic rings. The first kappa shape index (κ1) is 13.2. The smallest absolute Gasteiger partial charge is 0.0503 e. The van der Waals surface area contributed by atoms with E-state index < -0.39 is 0 Å². The summed E-state index contributed by atoms with van der Waals surface area (Å²) in [6.07, 6.45) is 0. The van der Waals surface area contributed by atoms with E-state index in [1.54, 1.807) is 0 Å². The molecular weight excluding hydrogens is 335 g/mol. The Morgan fingerprint density at radius 1 is 1.17 bits per heavy atom. The van der Waals surface area contributed by atoms with Crippen molar-refractivity contribution >= 4 is 34.0 Å². The maximum atomic E-state index is 5.78. The van der Waals surface area contributed by atoms with Gasteiger partial charge in [0.2, 0.25) is 0 Å². The summed E-state index contributed by atoms with van der Waals surface area (Å²) in [4.78, 5) is 2.25. The predicted octanol–water partition coefficient (Wildman–Crippen LogP) is 3.82. The van der Waals surface area contributed by atoms with Crippen LogP contribution in [0.25, 0.3) is 0 Å². The third-order valence-electron chi connectivity index (χ3n) is 3.05. The van der Waals surface area contributed by atoms with Gasteiger partial charge in [0, 0.05) is 22.8 Å². The number of hydrogen-bond acceptors (Lipinski definition) is 2. The molecule has 2 nitrogen and oxygen atoms in total. The summed E-state index contributed by atoms with van der Waals surface area (Å²) in [6.45, 7) is 3.06. The molecule has 0 saturated heterocycles. The molecule has 0 fully saturated rings. The van der Waals surface area contributed by atoms with Crippen LogP contribution in [0.3, 0.4) is 0 Å². The molecule has 0 unspecified atom stereocenters. The molecule has 0 spiro atoms. The van der Waals surface area contributed by atoms with E-state index in [2.05, 4.69) is 71.8 Å². The van der Waals surface area contributed by atoms with Crippen molar-refractivity contribution in [3.05, 3.63) is 57.2 Å². The molecule has 0 aliphatic carbocycles. The second-order valence-electron chi connectivity index (χ2n) is 4.49. The van der Waals surface area contributed by atoms with E-state index >= 15 is 0 Å². The van der Waals surface area contributed by atoms with Gasteiger partial charge >= 0.3 is 0 Å². The highest BCUT2D eigenvalue weighted by molar-refractivity contribution is 14.1. The zero-order chi connectivity index (χ0) is 13.1. The van der Waals surface area contributed by atoms with Crippen LogP contribution in [-0.4, -0.2) is 7.05 Å². The first-order valence-corrected chi connectivity index (χ1v) is 6.96. The first-order valence-electron chi connectivity index (χ1n) is 5.88. The summed E-state index contributed by atoms with van der Waals surface area (Å²) in [5.74, 6) is 0. The molecule has 0 aliphatic heterocycles. The molecule has 2 N–H and O–H groups in total. The van der Waals surface area contributed by atoms with Crippen LogP contribution in [-0.2, 0) is 6.54 Å². The number of rotatable bonds is 3. The molecule has 18 heavy (non-hydrogen) atoms. The summed E-state index contributed by atoms with van der Waals surface area (Å²) >= 11 is 2.33. The van der Waals surface area contributed by atoms with Gasteiger partial charge in [0.25, 0.3) is 0 Å². The average molecular weight is 352 g/mol. The lowest BCUT2D eigenvalue weighted by Crippen LogP contribution is -2.18. The Kier molecular flexibility index (Phi) is 4.11. The summed E-state index contributed by atoms with van der Waals surface area (Å²) in [5.41, 5.74) is 10.5. The van der Waals surface area contributed by atoms with Gasteiger partial charge in [-0.2, -0.15) is 0 Å². The van der Waals surface area contributed by atoms with E-state index in [0.29, 0.717) is 0 Å². The molecule has 0 aliphatic rings. The van der Waals surface area contributed by atoms with Gasteiger partial charge in [-0.15, -0.1) is 0 Å². The minimum absolute atomic E-state index is 0.812. The van der Waals surface area contributed by atoms with Crippen LogP contribution in [0.15, 0.2) is 42.5 Å². The summed E-state index contributed by atoms with van der Waals surface area (Å²) in [7, 11) is 2.11. The molecule has 0 atom stereocenters. The highest BCUT2D eigenvalue weighted by atomic mass is 127. The van der Waals surface area contributed by atoms with Crippen LogP contribution >= 0.6 is 22.6 Å². The number of benzene rings is 2. The summed E-state index contributed by atoms with van der Waals surface area (Å²) < 4.78 is 1.18. The van der Waals surface area contributed by atoms with Crippen LogP contribution in [0.1, 0.15) is 11.1 Å². The van der Waals surface area contributed by atoms with Gasteiger partial charge in [-0.05, 0) is 58.8 Å². The normalized spacial score (nSPS) is 10.4. The minimum Gasteiger partial charge on any atom is -0.399 e. The van der Waals surface area contributed by atoms with Crippen molar-refractivity contribution in [3.63, 3.8) is 0 Å². The number of anilines is 2. The predicted molar refractivity (Wildman–Crippen MR) is 86.9 cm³/mol. The molecule has 0 aromatic heterocycles. The van der Waals surface area contributed by atoms with E-state index in [1.807, 2.05) is 12.1 Å². The van der Waals surface area contributed by atoms with E-state index in [1.165, 1.54) is 20.4 Å². The number of nitrogen functional groups attached to an aromatic ring is 1. The van der Waals surface area contributed by atoms with Crippen LogP contribution in [0.5, 0.6) is 0 Å². The molecule has 94 valence electrons. The second-order valence-corrected chi connectivity index (χ2v) is 5.66. The maximum absolute atomic E-state index is 5.78. The van der Waals surface area contributed by atoms with Crippen molar-refractivity contribution in [2.24, 2.45) is 0 Å². The summed E-state index contributed by atoms with van der Waals surface area (Å²) in [5, 5.41) is 0. The zero-order valence-corrected chi connectivity index (χ0v) is 12.8. The second kappa shape index (κ2) is 5.61. The number of nitrogens with zero attached hydrogens (tertiary/aromatic N) is 1. The van der Waals surface area contributed by atoms with Crippen LogP contribution in [0.2, 0.25) is 0 Å². The van der Waals surface area contributed by atoms with Crippen molar-refractivity contribution < 1.29 is 0 Å². The fraction of sp³-hybridized carbons (Fsp3) is 0.200. The number of halogens is 1. The maximum Gasteiger partial charge on any atom is 0.0503 e. The van der Waals surface area contributed by atoms with Gasteiger partial charge in [0.1, 0.15) is 0 Å². The Morgan fingerprint density at radius 2 is 1.89 bits per heavy atom. The van der Waals surface area contributed by atoms with Crippen LogP contribution in [0.4, 0.5) is 11.4 Å². The Hall–Kier alpha value is -1.23. The Bertz CT molecular complexity index is 552. The Morgan fingerprint density at radius 3 is 2.56 bits per heavy atom. The van der Waals surface area contributed by atoms with E-state index in [-0.39, 0.29) is 0 Å². The third-order valence-corrected chi connectivity index (χ3v) is 3.92. The van der Waals surface area contributed by atoms with Gasteiger partial charge in [-0.25, -0.2) is 0 Å². The quantitative estimate of drug-likeness (QED) is 0.672. The monoisotopic (exact) mass is 352 g/mol. The zero-order valence-electron chi connectivity index (χ0n) is 10.7. The lowest BCUT2D eigenvalue weighted by atomic mass is 10.1. The number of nitrogens with two attached hydrogens (primary N) is 1.